The van der Waals surface area contributed by atoms with Crippen molar-refractivity contribution in [1.82, 2.24) is 4.90 Å². The molecule has 1 fully saturated rings. The molecule has 6 heteroatoms. The number of ether oxygens (including phenoxy) is 1. The lowest BCUT2D eigenvalue weighted by atomic mass is 9.82. The number of hydrogen-bond donors (Lipinski definition) is 2. The van der Waals surface area contributed by atoms with Crippen LogP contribution in [0, 0.1) is 23.7 Å². The molecule has 0 bridgehead atoms. The molecular formula is C18H33NO5. The first-order valence-corrected chi connectivity index (χ1v) is 8.99. The number of rotatable bonds is 8. The first-order chi connectivity index (χ1) is 11.1. The fourth-order valence-corrected chi connectivity index (χ4v) is 3.35. The summed E-state index contributed by atoms with van der Waals surface area (Å²) in [6.07, 6.45) is -0.556. The molecule has 0 saturated carbocycles. The van der Waals surface area contributed by atoms with E-state index < -0.39 is 36.0 Å². The van der Waals surface area contributed by atoms with Gasteiger partial charge in [0.2, 0.25) is 5.91 Å². The van der Waals surface area contributed by atoms with Crippen LogP contribution < -0.4 is 0 Å². The number of carbonyl (C=O) groups is 2. The van der Waals surface area contributed by atoms with Crippen molar-refractivity contribution < 1.29 is 24.5 Å². The van der Waals surface area contributed by atoms with Crippen LogP contribution in [0.25, 0.3) is 0 Å². The van der Waals surface area contributed by atoms with Crippen molar-refractivity contribution >= 4 is 12.0 Å². The zero-order valence-corrected chi connectivity index (χ0v) is 15.7. The third kappa shape index (κ3) is 4.48. The summed E-state index contributed by atoms with van der Waals surface area (Å²) in [5.74, 6) is -1.55. The van der Waals surface area contributed by atoms with Gasteiger partial charge in [0.15, 0.2) is 0 Å². The monoisotopic (exact) mass is 343 g/mol. The number of carbonyl (C=O) groups excluding carboxylic acids is 2. The minimum Gasteiger partial charge on any atom is -0.447 e. The first-order valence-electron chi connectivity index (χ1n) is 8.99. The van der Waals surface area contributed by atoms with Gasteiger partial charge >= 0.3 is 6.09 Å². The van der Waals surface area contributed by atoms with Crippen molar-refractivity contribution in [2.75, 3.05) is 6.61 Å². The van der Waals surface area contributed by atoms with Crippen LogP contribution in [0.3, 0.4) is 0 Å². The standard InChI is InChI=1S/C18H33NO5/c1-7-8-11(4)15(20)12(5)16(21)13(6)17(22)19-14(10(2)3)9-24-18(19)23/h10-16,20-21H,7-9H2,1-6H3/t11-,12-,13-,14+,15+,16?/m0/s1. The highest BCUT2D eigenvalue weighted by Crippen LogP contribution is 2.28. The maximum atomic E-state index is 12.7. The molecule has 2 amide bonds. The Morgan fingerprint density at radius 2 is 1.79 bits per heavy atom. The van der Waals surface area contributed by atoms with Crippen LogP contribution in [0.15, 0.2) is 0 Å². The van der Waals surface area contributed by atoms with E-state index in [-0.39, 0.29) is 24.5 Å². The third-order valence-electron chi connectivity index (χ3n) is 5.22. The Bertz CT molecular complexity index is 439. The van der Waals surface area contributed by atoms with Crippen molar-refractivity contribution in [3.05, 3.63) is 0 Å². The van der Waals surface area contributed by atoms with Crippen LogP contribution in [0.2, 0.25) is 0 Å². The first kappa shape index (κ1) is 20.9. The second-order valence-electron chi connectivity index (χ2n) is 7.49. The molecule has 1 rings (SSSR count). The Morgan fingerprint density at radius 3 is 2.29 bits per heavy atom. The molecule has 0 aliphatic carbocycles. The quantitative estimate of drug-likeness (QED) is 0.707. The molecule has 1 aliphatic rings. The molecular weight excluding hydrogens is 310 g/mol. The minimum atomic E-state index is -1.02. The largest absolute Gasteiger partial charge is 0.447 e. The van der Waals surface area contributed by atoms with Crippen LogP contribution in [-0.4, -0.2) is 52.0 Å². The highest BCUT2D eigenvalue weighted by Gasteiger charge is 2.44. The number of amides is 2. The molecule has 0 aromatic rings. The zero-order valence-electron chi connectivity index (χ0n) is 15.7. The van der Waals surface area contributed by atoms with E-state index in [1.165, 1.54) is 0 Å². The molecule has 0 aromatic heterocycles. The summed E-state index contributed by atoms with van der Waals surface area (Å²) in [6, 6.07) is -0.307. The fraction of sp³-hybridized carbons (Fsp3) is 0.889. The Hall–Kier alpha value is -1.14. The average Bonchev–Trinajstić information content (AvgIpc) is 2.93. The lowest BCUT2D eigenvalue weighted by Gasteiger charge is -2.33. The van der Waals surface area contributed by atoms with Crippen LogP contribution in [0.5, 0.6) is 0 Å². The predicted octanol–water partition coefficient (Wildman–Crippen LogP) is 2.42. The van der Waals surface area contributed by atoms with Crippen molar-refractivity contribution in [3.63, 3.8) is 0 Å². The van der Waals surface area contributed by atoms with E-state index in [2.05, 4.69) is 0 Å². The number of imide groups is 1. The normalized spacial score (nSPS) is 24.5. The molecule has 0 aromatic carbocycles. The Balaban J connectivity index is 2.81. The summed E-state index contributed by atoms with van der Waals surface area (Å²) in [5, 5.41) is 21.0. The molecule has 1 unspecified atom stereocenters. The Labute approximate surface area is 145 Å². The van der Waals surface area contributed by atoms with Gasteiger partial charge in [0.1, 0.15) is 6.61 Å². The van der Waals surface area contributed by atoms with Crippen LogP contribution in [0.4, 0.5) is 4.79 Å². The van der Waals surface area contributed by atoms with Crippen LogP contribution >= 0.6 is 0 Å². The van der Waals surface area contributed by atoms with Gasteiger partial charge in [-0.25, -0.2) is 9.69 Å². The predicted molar refractivity (Wildman–Crippen MR) is 91.2 cm³/mol. The summed E-state index contributed by atoms with van der Waals surface area (Å²) in [7, 11) is 0. The average molecular weight is 343 g/mol. The molecule has 0 radical (unpaired) electrons. The van der Waals surface area contributed by atoms with Crippen molar-refractivity contribution in [1.29, 1.82) is 0 Å². The van der Waals surface area contributed by atoms with Gasteiger partial charge in [-0.3, -0.25) is 4.79 Å². The van der Waals surface area contributed by atoms with Gasteiger partial charge < -0.3 is 14.9 Å². The summed E-state index contributed by atoms with van der Waals surface area (Å²) in [4.78, 5) is 25.8. The van der Waals surface area contributed by atoms with Gasteiger partial charge in [0, 0.05) is 5.92 Å². The SMILES string of the molecule is CCC[C@H](C)[C@@H](O)[C@H](C)C(O)[C@H](C)C(=O)N1C(=O)OC[C@@H]1C(C)C. The van der Waals surface area contributed by atoms with Crippen LogP contribution in [0.1, 0.15) is 54.4 Å². The lowest BCUT2D eigenvalue weighted by molar-refractivity contribution is -0.140. The van der Waals surface area contributed by atoms with Crippen molar-refractivity contribution in [2.45, 2.75) is 72.6 Å². The summed E-state index contributed by atoms with van der Waals surface area (Å²) >= 11 is 0. The van der Waals surface area contributed by atoms with E-state index >= 15 is 0 Å². The van der Waals surface area contributed by atoms with Crippen LogP contribution in [-0.2, 0) is 9.53 Å². The van der Waals surface area contributed by atoms with Gasteiger partial charge in [-0.05, 0) is 18.3 Å². The van der Waals surface area contributed by atoms with Gasteiger partial charge in [0.25, 0.3) is 0 Å². The van der Waals surface area contributed by atoms with E-state index in [9.17, 15) is 19.8 Å². The summed E-state index contributed by atoms with van der Waals surface area (Å²) in [5.41, 5.74) is 0. The van der Waals surface area contributed by atoms with Gasteiger partial charge in [-0.15, -0.1) is 0 Å². The van der Waals surface area contributed by atoms with E-state index in [4.69, 9.17) is 4.74 Å². The zero-order chi connectivity index (χ0) is 18.6. The molecule has 1 heterocycles. The number of cyclic esters (lactones) is 1. The summed E-state index contributed by atoms with van der Waals surface area (Å²) in [6.45, 7) is 11.4. The topological polar surface area (TPSA) is 87.1 Å². The van der Waals surface area contributed by atoms with E-state index in [0.717, 1.165) is 17.7 Å². The molecule has 1 saturated heterocycles. The summed E-state index contributed by atoms with van der Waals surface area (Å²) < 4.78 is 5.00. The molecule has 6 atom stereocenters. The maximum absolute atomic E-state index is 12.7. The number of nitrogens with zero attached hydrogens (tertiary/aromatic N) is 1. The molecule has 6 nitrogen and oxygen atoms in total. The van der Waals surface area contributed by atoms with Crippen molar-refractivity contribution in [3.8, 4) is 0 Å². The number of aliphatic hydroxyl groups is 2. The molecule has 2 N–H and O–H groups in total. The van der Waals surface area contributed by atoms with Gasteiger partial charge in [-0.2, -0.15) is 0 Å². The molecule has 140 valence electrons. The highest BCUT2D eigenvalue weighted by molar-refractivity contribution is 5.95. The fourth-order valence-electron chi connectivity index (χ4n) is 3.35. The smallest absolute Gasteiger partial charge is 0.416 e. The Morgan fingerprint density at radius 1 is 1.21 bits per heavy atom. The maximum Gasteiger partial charge on any atom is 0.416 e. The number of hydrogen-bond acceptors (Lipinski definition) is 5. The second kappa shape index (κ2) is 8.81. The molecule has 1 aliphatic heterocycles. The number of aliphatic hydroxyl groups excluding tert-OH is 2. The van der Waals surface area contributed by atoms with Crippen molar-refractivity contribution in [2.24, 2.45) is 23.7 Å². The van der Waals surface area contributed by atoms with Gasteiger partial charge in [0.05, 0.1) is 24.2 Å². The van der Waals surface area contributed by atoms with E-state index in [1.807, 2.05) is 27.7 Å². The third-order valence-corrected chi connectivity index (χ3v) is 5.22. The van der Waals surface area contributed by atoms with Gasteiger partial charge in [-0.1, -0.05) is 48.0 Å². The molecule has 24 heavy (non-hydrogen) atoms. The second-order valence-corrected chi connectivity index (χ2v) is 7.49. The van der Waals surface area contributed by atoms with E-state index in [0.29, 0.717) is 0 Å². The molecule has 0 spiro atoms. The minimum absolute atomic E-state index is 0.0436. The Kier molecular flexibility index (Phi) is 7.67. The highest BCUT2D eigenvalue weighted by atomic mass is 16.6. The van der Waals surface area contributed by atoms with E-state index in [1.54, 1.807) is 13.8 Å². The lowest BCUT2D eigenvalue weighted by Crippen LogP contribution is -2.49.